The zero-order valence-corrected chi connectivity index (χ0v) is 17.0. The monoisotopic (exact) mass is 415 g/mol. The van der Waals surface area contributed by atoms with E-state index < -0.39 is 0 Å². The fourth-order valence-corrected chi connectivity index (χ4v) is 4.67. The fraction of sp³-hybridized carbons (Fsp3) is 0.0357. The highest BCUT2D eigenvalue weighted by Crippen LogP contribution is 2.37. The molecule has 4 heteroatoms. The summed E-state index contributed by atoms with van der Waals surface area (Å²) in [6.07, 6.45) is 0.837. The van der Waals surface area contributed by atoms with Crippen molar-refractivity contribution in [3.05, 3.63) is 124 Å². The van der Waals surface area contributed by atoms with Gasteiger partial charge in [-0.3, -0.25) is 14.4 Å². The van der Waals surface area contributed by atoms with E-state index in [2.05, 4.69) is 17.4 Å². The summed E-state index contributed by atoms with van der Waals surface area (Å²) in [4.78, 5) is 38.7. The van der Waals surface area contributed by atoms with E-state index in [1.165, 1.54) is 28.3 Å². The van der Waals surface area contributed by atoms with E-state index in [4.69, 9.17) is 0 Å². The highest BCUT2D eigenvalue weighted by atomic mass is 16.2. The van der Waals surface area contributed by atoms with E-state index in [0.717, 1.165) is 6.42 Å². The Bertz CT molecular complexity index is 1480. The summed E-state index contributed by atoms with van der Waals surface area (Å²) in [5.41, 5.74) is 7.30. The van der Waals surface area contributed by atoms with Gasteiger partial charge in [-0.1, -0.05) is 54.6 Å². The first-order chi connectivity index (χ1) is 15.6. The van der Waals surface area contributed by atoms with Crippen LogP contribution in [0.25, 0.3) is 11.1 Å². The van der Waals surface area contributed by atoms with Gasteiger partial charge in [0.15, 0.2) is 11.6 Å². The molecule has 4 aromatic rings. The topological polar surface area (TPSA) is 63.2 Å². The lowest BCUT2D eigenvalue weighted by molar-refractivity contribution is 0.0978. The second kappa shape index (κ2) is 6.86. The average molecular weight is 415 g/mol. The highest BCUT2D eigenvalue weighted by Gasteiger charge is 2.30. The molecule has 0 radical (unpaired) electrons. The molecule has 0 unspecified atom stereocenters. The second-order valence-corrected chi connectivity index (χ2v) is 8.12. The summed E-state index contributed by atoms with van der Waals surface area (Å²) in [5, 5.41) is 2.93. The van der Waals surface area contributed by atoms with Crippen molar-refractivity contribution in [3.8, 4) is 11.1 Å². The third-order valence-corrected chi connectivity index (χ3v) is 6.24. The van der Waals surface area contributed by atoms with Crippen LogP contribution in [0.3, 0.4) is 0 Å². The van der Waals surface area contributed by atoms with Crippen molar-refractivity contribution in [3.63, 3.8) is 0 Å². The van der Waals surface area contributed by atoms with Crippen LogP contribution in [0.4, 0.5) is 5.69 Å². The molecular formula is C28H17NO3. The van der Waals surface area contributed by atoms with Gasteiger partial charge in [-0.25, -0.2) is 0 Å². The molecular weight excluding hydrogens is 398 g/mol. The number of fused-ring (bicyclic) bond motifs is 5. The SMILES string of the molecule is O=C(Nc1ccc2c(c1)Cc1ccccc1-2)c1ccc2c(c1)C(=O)c1ccccc1C2=O. The standard InChI is InChI=1S/C28H17NO3/c30-26-22-7-3-4-8-23(22)27(31)25-15-17(9-11-24(25)26)28(32)29-19-10-12-21-18(14-19)13-16-5-1-2-6-20(16)21/h1-12,14-15H,13H2,(H,29,32). The lowest BCUT2D eigenvalue weighted by Gasteiger charge is -2.18. The maximum Gasteiger partial charge on any atom is 0.255 e. The van der Waals surface area contributed by atoms with Crippen LogP contribution in [-0.2, 0) is 6.42 Å². The third kappa shape index (κ3) is 2.73. The molecule has 0 saturated carbocycles. The maximum atomic E-state index is 12.9. The molecule has 0 fully saturated rings. The van der Waals surface area contributed by atoms with Crippen LogP contribution in [0.1, 0.15) is 53.3 Å². The van der Waals surface area contributed by atoms with Gasteiger partial charge < -0.3 is 5.32 Å². The number of rotatable bonds is 2. The van der Waals surface area contributed by atoms with Crippen molar-refractivity contribution < 1.29 is 14.4 Å². The van der Waals surface area contributed by atoms with Crippen LogP contribution in [0.15, 0.2) is 84.9 Å². The van der Waals surface area contributed by atoms with E-state index in [-0.39, 0.29) is 23.0 Å². The number of carbonyl (C=O) groups excluding carboxylic acids is 3. The summed E-state index contributed by atoms with van der Waals surface area (Å²) in [6, 6.07) is 25.7. The Hall–Kier alpha value is -4.31. The smallest absolute Gasteiger partial charge is 0.255 e. The first kappa shape index (κ1) is 18.5. The zero-order chi connectivity index (χ0) is 21.8. The normalized spacial score (nSPS) is 13.1. The molecule has 32 heavy (non-hydrogen) atoms. The molecule has 0 aromatic heterocycles. The van der Waals surface area contributed by atoms with Crippen molar-refractivity contribution in [2.45, 2.75) is 6.42 Å². The quantitative estimate of drug-likeness (QED) is 0.418. The Labute approximate surface area is 184 Å². The maximum absolute atomic E-state index is 12.9. The summed E-state index contributed by atoms with van der Waals surface area (Å²) in [5.74, 6) is -0.747. The summed E-state index contributed by atoms with van der Waals surface area (Å²) < 4.78 is 0. The molecule has 2 aliphatic carbocycles. The second-order valence-electron chi connectivity index (χ2n) is 8.12. The van der Waals surface area contributed by atoms with Crippen molar-refractivity contribution in [2.24, 2.45) is 0 Å². The molecule has 6 rings (SSSR count). The van der Waals surface area contributed by atoms with Crippen LogP contribution in [0.5, 0.6) is 0 Å². The molecule has 1 amide bonds. The molecule has 0 saturated heterocycles. The first-order valence-corrected chi connectivity index (χ1v) is 10.5. The molecule has 152 valence electrons. The van der Waals surface area contributed by atoms with Gasteiger partial charge in [0.25, 0.3) is 5.91 Å². The van der Waals surface area contributed by atoms with Crippen molar-refractivity contribution in [2.75, 3.05) is 5.32 Å². The lowest BCUT2D eigenvalue weighted by Crippen LogP contribution is -2.22. The van der Waals surface area contributed by atoms with Crippen LogP contribution in [-0.4, -0.2) is 17.5 Å². The Morgan fingerprint density at radius 1 is 0.594 bits per heavy atom. The predicted molar refractivity (Wildman–Crippen MR) is 122 cm³/mol. The van der Waals surface area contributed by atoms with Crippen LogP contribution in [0.2, 0.25) is 0 Å². The highest BCUT2D eigenvalue weighted by molar-refractivity contribution is 6.28. The number of hydrogen-bond acceptors (Lipinski definition) is 3. The number of benzene rings is 4. The Morgan fingerprint density at radius 3 is 1.97 bits per heavy atom. The predicted octanol–water partition coefficient (Wildman–Crippen LogP) is 5.29. The molecule has 4 nitrogen and oxygen atoms in total. The zero-order valence-electron chi connectivity index (χ0n) is 17.0. The van der Waals surface area contributed by atoms with Gasteiger partial charge in [-0.15, -0.1) is 0 Å². The summed E-state index contributed by atoms with van der Waals surface area (Å²) >= 11 is 0. The number of nitrogens with one attached hydrogen (secondary N) is 1. The van der Waals surface area contributed by atoms with Gasteiger partial charge in [0.1, 0.15) is 0 Å². The van der Waals surface area contributed by atoms with Gasteiger partial charge in [0, 0.05) is 33.5 Å². The molecule has 2 aliphatic rings. The van der Waals surface area contributed by atoms with Crippen LogP contribution >= 0.6 is 0 Å². The molecule has 0 aliphatic heterocycles. The van der Waals surface area contributed by atoms with Crippen molar-refractivity contribution >= 4 is 23.2 Å². The Morgan fingerprint density at radius 2 is 1.19 bits per heavy atom. The lowest BCUT2D eigenvalue weighted by atomic mass is 9.83. The Balaban J connectivity index is 1.29. The number of anilines is 1. The van der Waals surface area contributed by atoms with E-state index in [1.54, 1.807) is 36.4 Å². The molecule has 4 aromatic carbocycles. The molecule has 0 heterocycles. The first-order valence-electron chi connectivity index (χ1n) is 10.5. The summed E-state index contributed by atoms with van der Waals surface area (Å²) in [7, 11) is 0. The van der Waals surface area contributed by atoms with Gasteiger partial charge in [0.05, 0.1) is 0 Å². The van der Waals surface area contributed by atoms with Crippen LogP contribution in [0, 0.1) is 0 Å². The number of carbonyl (C=O) groups is 3. The number of ketones is 2. The van der Waals surface area contributed by atoms with Gasteiger partial charge >= 0.3 is 0 Å². The minimum Gasteiger partial charge on any atom is -0.322 e. The average Bonchev–Trinajstić information content (AvgIpc) is 3.20. The van der Waals surface area contributed by atoms with E-state index >= 15 is 0 Å². The molecule has 0 bridgehead atoms. The van der Waals surface area contributed by atoms with E-state index in [1.807, 2.05) is 30.3 Å². The largest absolute Gasteiger partial charge is 0.322 e. The van der Waals surface area contributed by atoms with Gasteiger partial charge in [-0.2, -0.15) is 0 Å². The van der Waals surface area contributed by atoms with Crippen LogP contribution < -0.4 is 5.32 Å². The fourth-order valence-electron chi connectivity index (χ4n) is 4.67. The van der Waals surface area contributed by atoms with Crippen molar-refractivity contribution in [1.29, 1.82) is 0 Å². The van der Waals surface area contributed by atoms with E-state index in [9.17, 15) is 14.4 Å². The van der Waals surface area contributed by atoms with Crippen molar-refractivity contribution in [1.82, 2.24) is 0 Å². The van der Waals surface area contributed by atoms with Gasteiger partial charge in [-0.05, 0) is 59.0 Å². The minimum absolute atomic E-state index is 0.194. The Kier molecular flexibility index (Phi) is 3.95. The molecule has 0 atom stereocenters. The minimum atomic E-state index is -0.317. The number of hydrogen-bond donors (Lipinski definition) is 1. The van der Waals surface area contributed by atoms with E-state index in [0.29, 0.717) is 27.9 Å². The molecule has 0 spiro atoms. The summed E-state index contributed by atoms with van der Waals surface area (Å²) in [6.45, 7) is 0. The third-order valence-electron chi connectivity index (χ3n) is 6.24. The van der Waals surface area contributed by atoms with Gasteiger partial charge in [0.2, 0.25) is 0 Å². The molecule has 1 N–H and O–H groups in total. The number of amides is 1.